The van der Waals surface area contributed by atoms with E-state index in [0.717, 1.165) is 29.8 Å². The van der Waals surface area contributed by atoms with Gasteiger partial charge in [0.25, 0.3) is 0 Å². The lowest BCUT2D eigenvalue weighted by Crippen LogP contribution is -2.30. The molecular formula is C12H12Cl2N4. The maximum absolute atomic E-state index is 6.05. The summed E-state index contributed by atoms with van der Waals surface area (Å²) >= 11 is 12.0. The average molecular weight is 283 g/mol. The summed E-state index contributed by atoms with van der Waals surface area (Å²) in [6.45, 7) is 1.99. The van der Waals surface area contributed by atoms with Crippen molar-refractivity contribution in [3.05, 3.63) is 22.4 Å². The first-order chi connectivity index (χ1) is 8.75. The highest BCUT2D eigenvalue weighted by Gasteiger charge is 2.18. The summed E-state index contributed by atoms with van der Waals surface area (Å²) in [4.78, 5) is 6.57. The van der Waals surface area contributed by atoms with Crippen LogP contribution in [0.5, 0.6) is 0 Å². The predicted octanol–water partition coefficient (Wildman–Crippen LogP) is 3.32. The molecule has 0 spiro atoms. The topological polar surface area (TPSA) is 41.9 Å². The molecular weight excluding hydrogens is 271 g/mol. The Bertz CT molecular complexity index is 582. The number of anilines is 1. The molecule has 2 aromatic heterocycles. The number of pyridine rings is 1. The highest BCUT2D eigenvalue weighted by atomic mass is 35.5. The number of piperidine rings is 1. The molecule has 0 aromatic carbocycles. The molecule has 6 heteroatoms. The number of fused-ring (bicyclic) bond motifs is 1. The van der Waals surface area contributed by atoms with Gasteiger partial charge in [-0.25, -0.2) is 0 Å². The maximum atomic E-state index is 6.05. The van der Waals surface area contributed by atoms with Gasteiger partial charge in [0, 0.05) is 24.7 Å². The molecule has 3 heterocycles. The Labute approximate surface area is 115 Å². The maximum Gasteiger partial charge on any atom is 0.177 e. The van der Waals surface area contributed by atoms with Crippen LogP contribution in [-0.4, -0.2) is 28.3 Å². The van der Waals surface area contributed by atoms with Crippen LogP contribution in [0.3, 0.4) is 0 Å². The molecule has 3 rings (SSSR count). The molecule has 0 radical (unpaired) electrons. The van der Waals surface area contributed by atoms with Crippen LogP contribution in [0.2, 0.25) is 10.2 Å². The first-order valence-corrected chi connectivity index (χ1v) is 6.74. The molecule has 0 saturated carbocycles. The number of hydrogen-bond acceptors (Lipinski definition) is 4. The van der Waals surface area contributed by atoms with E-state index in [1.807, 2.05) is 0 Å². The van der Waals surface area contributed by atoms with Crippen molar-refractivity contribution in [2.24, 2.45) is 0 Å². The Morgan fingerprint density at radius 3 is 2.61 bits per heavy atom. The second kappa shape index (κ2) is 4.86. The van der Waals surface area contributed by atoms with E-state index in [1.165, 1.54) is 19.3 Å². The summed E-state index contributed by atoms with van der Waals surface area (Å²) < 4.78 is 0. The Balaban J connectivity index is 2.14. The molecule has 1 aliphatic heterocycles. The van der Waals surface area contributed by atoms with Gasteiger partial charge in [0.2, 0.25) is 0 Å². The smallest absolute Gasteiger partial charge is 0.177 e. The van der Waals surface area contributed by atoms with Crippen LogP contribution in [0.15, 0.2) is 12.3 Å². The molecule has 1 fully saturated rings. The molecule has 1 saturated heterocycles. The zero-order valence-corrected chi connectivity index (χ0v) is 11.2. The minimum absolute atomic E-state index is 0.348. The number of aromatic nitrogens is 3. The molecule has 0 unspecified atom stereocenters. The fraction of sp³-hybridized carbons (Fsp3) is 0.417. The molecule has 18 heavy (non-hydrogen) atoms. The normalized spacial score (nSPS) is 16.2. The molecule has 1 aliphatic rings. The van der Waals surface area contributed by atoms with E-state index < -0.39 is 0 Å². The van der Waals surface area contributed by atoms with Gasteiger partial charge in [-0.05, 0) is 25.3 Å². The third-order valence-corrected chi connectivity index (χ3v) is 3.66. The zero-order chi connectivity index (χ0) is 12.5. The number of halogens is 2. The van der Waals surface area contributed by atoms with Crippen LogP contribution in [0, 0.1) is 0 Å². The minimum Gasteiger partial charge on any atom is -0.353 e. The van der Waals surface area contributed by atoms with Gasteiger partial charge in [0.05, 0.1) is 5.02 Å². The summed E-state index contributed by atoms with van der Waals surface area (Å²) in [5.41, 5.74) is 0.779. The highest BCUT2D eigenvalue weighted by Crippen LogP contribution is 2.29. The number of rotatable bonds is 1. The van der Waals surface area contributed by atoms with Crippen molar-refractivity contribution in [2.45, 2.75) is 19.3 Å². The monoisotopic (exact) mass is 282 g/mol. The van der Waals surface area contributed by atoms with E-state index in [-0.39, 0.29) is 0 Å². The van der Waals surface area contributed by atoms with Gasteiger partial charge >= 0.3 is 0 Å². The first-order valence-electron chi connectivity index (χ1n) is 5.98. The van der Waals surface area contributed by atoms with E-state index in [2.05, 4.69) is 20.1 Å². The highest BCUT2D eigenvalue weighted by molar-refractivity contribution is 6.35. The quantitative estimate of drug-likeness (QED) is 0.805. The van der Waals surface area contributed by atoms with Crippen molar-refractivity contribution < 1.29 is 0 Å². The van der Waals surface area contributed by atoms with E-state index >= 15 is 0 Å². The van der Waals surface area contributed by atoms with Crippen LogP contribution < -0.4 is 4.90 Å². The van der Waals surface area contributed by atoms with Crippen molar-refractivity contribution in [1.29, 1.82) is 0 Å². The SMILES string of the molecule is Clc1cnc2c(N3CCCCC3)nnc(Cl)c2c1. The lowest BCUT2D eigenvalue weighted by atomic mass is 10.1. The Morgan fingerprint density at radius 1 is 1.06 bits per heavy atom. The third-order valence-electron chi connectivity index (χ3n) is 3.18. The van der Waals surface area contributed by atoms with Gasteiger partial charge in [-0.2, -0.15) is 0 Å². The van der Waals surface area contributed by atoms with Gasteiger partial charge in [0.15, 0.2) is 11.0 Å². The summed E-state index contributed by atoms with van der Waals surface area (Å²) in [7, 11) is 0. The van der Waals surface area contributed by atoms with Crippen molar-refractivity contribution in [3.8, 4) is 0 Å². The Hall–Kier alpha value is -1.13. The van der Waals surface area contributed by atoms with E-state index in [4.69, 9.17) is 23.2 Å². The summed E-state index contributed by atoms with van der Waals surface area (Å²) in [5, 5.41) is 9.87. The lowest BCUT2D eigenvalue weighted by Gasteiger charge is -2.27. The van der Waals surface area contributed by atoms with E-state index in [9.17, 15) is 0 Å². The first kappa shape index (κ1) is 11.9. The van der Waals surface area contributed by atoms with Crippen LogP contribution in [0.1, 0.15) is 19.3 Å². The van der Waals surface area contributed by atoms with Crippen LogP contribution in [0.4, 0.5) is 5.82 Å². The number of hydrogen-bond donors (Lipinski definition) is 0. The molecule has 0 aliphatic carbocycles. The second-order valence-corrected chi connectivity index (χ2v) is 5.21. The summed E-state index contributed by atoms with van der Waals surface area (Å²) in [6, 6.07) is 1.79. The molecule has 0 amide bonds. The number of nitrogens with zero attached hydrogens (tertiary/aromatic N) is 4. The Morgan fingerprint density at radius 2 is 1.83 bits per heavy atom. The molecule has 2 aromatic rings. The van der Waals surface area contributed by atoms with Crippen molar-refractivity contribution >= 4 is 39.9 Å². The second-order valence-electron chi connectivity index (χ2n) is 4.41. The molecule has 0 atom stereocenters. The van der Waals surface area contributed by atoms with Crippen LogP contribution in [0.25, 0.3) is 10.9 Å². The van der Waals surface area contributed by atoms with Gasteiger partial charge in [-0.15, -0.1) is 10.2 Å². The standard InChI is InChI=1S/C12H12Cl2N4/c13-8-6-9-10(15-7-8)12(17-16-11(9)14)18-4-2-1-3-5-18/h6-7H,1-5H2. The third kappa shape index (κ3) is 2.10. The minimum atomic E-state index is 0.348. The van der Waals surface area contributed by atoms with Gasteiger partial charge in [0.1, 0.15) is 5.52 Å². The largest absolute Gasteiger partial charge is 0.353 e. The van der Waals surface area contributed by atoms with Gasteiger partial charge < -0.3 is 4.90 Å². The van der Waals surface area contributed by atoms with E-state index in [1.54, 1.807) is 12.3 Å². The molecule has 0 bridgehead atoms. The fourth-order valence-electron chi connectivity index (χ4n) is 2.29. The predicted molar refractivity (Wildman–Crippen MR) is 73.4 cm³/mol. The Kier molecular flexibility index (Phi) is 3.22. The van der Waals surface area contributed by atoms with Crippen LogP contribution >= 0.6 is 23.2 Å². The van der Waals surface area contributed by atoms with Crippen molar-refractivity contribution in [2.75, 3.05) is 18.0 Å². The van der Waals surface area contributed by atoms with E-state index in [0.29, 0.717) is 10.2 Å². The van der Waals surface area contributed by atoms with Crippen molar-refractivity contribution in [3.63, 3.8) is 0 Å². The molecule has 0 N–H and O–H groups in total. The lowest BCUT2D eigenvalue weighted by molar-refractivity contribution is 0.572. The fourth-order valence-corrected chi connectivity index (χ4v) is 2.63. The summed E-state index contributed by atoms with van der Waals surface area (Å²) in [5.74, 6) is 0.811. The van der Waals surface area contributed by atoms with Gasteiger partial charge in [-0.3, -0.25) is 4.98 Å². The summed E-state index contributed by atoms with van der Waals surface area (Å²) in [6.07, 6.45) is 5.25. The molecule has 4 nitrogen and oxygen atoms in total. The van der Waals surface area contributed by atoms with Crippen molar-refractivity contribution in [1.82, 2.24) is 15.2 Å². The zero-order valence-electron chi connectivity index (χ0n) is 9.74. The van der Waals surface area contributed by atoms with Crippen LogP contribution in [-0.2, 0) is 0 Å². The van der Waals surface area contributed by atoms with Gasteiger partial charge in [-0.1, -0.05) is 23.2 Å². The average Bonchev–Trinajstić information content (AvgIpc) is 2.41. The molecule has 94 valence electrons.